The Morgan fingerprint density at radius 3 is 2.63 bits per heavy atom. The van der Waals surface area contributed by atoms with Crippen LogP contribution < -0.4 is 4.90 Å². The molecule has 4 aromatic heterocycles. The summed E-state index contributed by atoms with van der Waals surface area (Å²) >= 11 is 1.42. The molecule has 136 valence electrons. The molecule has 6 nitrogen and oxygen atoms in total. The Morgan fingerprint density at radius 2 is 1.89 bits per heavy atom. The molecule has 0 unspecified atom stereocenters. The Bertz CT molecular complexity index is 1130. The van der Waals surface area contributed by atoms with Crippen molar-refractivity contribution in [2.45, 2.75) is 12.8 Å². The van der Waals surface area contributed by atoms with Crippen molar-refractivity contribution in [2.75, 3.05) is 18.0 Å². The molecular formula is C19H17FN6S. The summed E-state index contributed by atoms with van der Waals surface area (Å²) in [6, 6.07) is 7.56. The molecule has 0 N–H and O–H groups in total. The molecule has 1 fully saturated rings. The molecule has 0 aliphatic carbocycles. The second-order valence-corrected chi connectivity index (χ2v) is 7.67. The van der Waals surface area contributed by atoms with E-state index >= 15 is 0 Å². The van der Waals surface area contributed by atoms with Crippen LogP contribution >= 0.6 is 11.3 Å². The first-order chi connectivity index (χ1) is 13.2. The van der Waals surface area contributed by atoms with Gasteiger partial charge in [0.05, 0.1) is 22.2 Å². The molecule has 8 heteroatoms. The van der Waals surface area contributed by atoms with Gasteiger partial charge in [-0.25, -0.2) is 15.0 Å². The van der Waals surface area contributed by atoms with E-state index in [1.165, 1.54) is 11.3 Å². The summed E-state index contributed by atoms with van der Waals surface area (Å²) in [5.74, 6) is 0.220. The van der Waals surface area contributed by atoms with Crippen LogP contribution in [0.3, 0.4) is 0 Å². The zero-order chi connectivity index (χ0) is 18.4. The summed E-state index contributed by atoms with van der Waals surface area (Å²) in [5, 5.41) is 4.77. The quantitative estimate of drug-likeness (QED) is 0.505. The molecule has 1 aliphatic rings. The third-order valence-corrected chi connectivity index (χ3v) is 5.79. The second kappa shape index (κ2) is 6.38. The maximum atomic E-state index is 14.7. The molecule has 0 aromatic carbocycles. The molecule has 0 saturated carbocycles. The van der Waals surface area contributed by atoms with E-state index in [-0.39, 0.29) is 0 Å². The molecule has 0 radical (unpaired) electrons. The van der Waals surface area contributed by atoms with E-state index in [4.69, 9.17) is 0 Å². The van der Waals surface area contributed by atoms with Gasteiger partial charge in [-0.3, -0.25) is 4.68 Å². The monoisotopic (exact) mass is 380 g/mol. The second-order valence-electron chi connectivity index (χ2n) is 6.64. The minimum absolute atomic E-state index is 0.420. The van der Waals surface area contributed by atoms with Gasteiger partial charge in [-0.15, -0.1) is 11.3 Å². The van der Waals surface area contributed by atoms with Gasteiger partial charge in [-0.1, -0.05) is 0 Å². The largest absolute Gasteiger partial charge is 0.357 e. The summed E-state index contributed by atoms with van der Waals surface area (Å²) in [6.07, 6.45) is 5.94. The van der Waals surface area contributed by atoms with Crippen LogP contribution in [0.25, 0.3) is 32.2 Å². The van der Waals surface area contributed by atoms with E-state index in [9.17, 15) is 4.39 Å². The fourth-order valence-corrected chi connectivity index (χ4v) is 4.28. The van der Waals surface area contributed by atoms with Gasteiger partial charge in [-0.2, -0.15) is 9.49 Å². The number of anilines is 1. The fourth-order valence-electron chi connectivity index (χ4n) is 3.35. The average molecular weight is 380 g/mol. The summed E-state index contributed by atoms with van der Waals surface area (Å²) in [7, 11) is 1.87. The number of fused-ring (bicyclic) bond motifs is 1. The average Bonchev–Trinajstić information content (AvgIpc) is 3.41. The van der Waals surface area contributed by atoms with Crippen LogP contribution in [0, 0.1) is 5.95 Å². The Morgan fingerprint density at radius 1 is 1.04 bits per heavy atom. The predicted octanol–water partition coefficient (Wildman–Crippen LogP) is 3.89. The first kappa shape index (κ1) is 16.3. The van der Waals surface area contributed by atoms with Gasteiger partial charge in [0.2, 0.25) is 5.95 Å². The molecule has 1 aliphatic heterocycles. The molecule has 1 saturated heterocycles. The van der Waals surface area contributed by atoms with Crippen molar-refractivity contribution in [3.8, 4) is 21.8 Å². The third-order valence-electron chi connectivity index (χ3n) is 4.75. The predicted molar refractivity (Wildman–Crippen MR) is 104 cm³/mol. The SMILES string of the molecule is Cn1cc(-c2ccc3sc(-c4ccc(N5CCCC5)nc4F)nc3n2)cn1. The van der Waals surface area contributed by atoms with Crippen molar-refractivity contribution in [3.63, 3.8) is 0 Å². The summed E-state index contributed by atoms with van der Waals surface area (Å²) < 4.78 is 17.3. The fraction of sp³-hybridized carbons (Fsp3) is 0.263. The standard InChI is InChI=1S/C19H17FN6S/c1-25-11-12(10-21-25)14-5-6-15-18(22-14)24-19(27-15)13-4-7-16(23-17(13)20)26-8-2-3-9-26/h4-7,10-11H,2-3,8-9H2,1H3. The van der Waals surface area contributed by atoms with Crippen LogP contribution in [0.2, 0.25) is 0 Å². The number of pyridine rings is 2. The Labute approximate surface area is 159 Å². The first-order valence-electron chi connectivity index (χ1n) is 8.86. The Kier molecular flexibility index (Phi) is 3.86. The van der Waals surface area contributed by atoms with Crippen molar-refractivity contribution < 1.29 is 4.39 Å². The molecule has 5 rings (SSSR count). The van der Waals surface area contributed by atoms with E-state index in [1.54, 1.807) is 16.9 Å². The van der Waals surface area contributed by atoms with Gasteiger partial charge >= 0.3 is 0 Å². The molecule has 0 amide bonds. The number of aromatic nitrogens is 5. The van der Waals surface area contributed by atoms with Crippen LogP contribution in [0.1, 0.15) is 12.8 Å². The molecule has 5 heterocycles. The van der Waals surface area contributed by atoms with Gasteiger partial charge in [0.25, 0.3) is 0 Å². The number of halogens is 1. The lowest BCUT2D eigenvalue weighted by Gasteiger charge is -2.16. The normalized spacial score (nSPS) is 14.4. The first-order valence-corrected chi connectivity index (χ1v) is 9.67. The maximum Gasteiger partial charge on any atom is 0.225 e. The minimum atomic E-state index is -0.481. The van der Waals surface area contributed by atoms with Crippen LogP contribution in [-0.4, -0.2) is 37.8 Å². The molecule has 4 aromatic rings. The van der Waals surface area contributed by atoms with Crippen LogP contribution in [0.4, 0.5) is 10.2 Å². The zero-order valence-corrected chi connectivity index (χ0v) is 15.6. The molecule has 0 bridgehead atoms. The number of aryl methyl sites for hydroxylation is 1. The lowest BCUT2D eigenvalue weighted by Crippen LogP contribution is -2.19. The van der Waals surface area contributed by atoms with E-state index in [2.05, 4.69) is 25.0 Å². The van der Waals surface area contributed by atoms with Crippen LogP contribution in [-0.2, 0) is 7.05 Å². The number of hydrogen-bond donors (Lipinski definition) is 0. The summed E-state index contributed by atoms with van der Waals surface area (Å²) in [4.78, 5) is 15.4. The van der Waals surface area contributed by atoms with Gasteiger partial charge in [0, 0.05) is 31.9 Å². The molecule has 0 spiro atoms. The van der Waals surface area contributed by atoms with Gasteiger partial charge in [0.15, 0.2) is 5.65 Å². The van der Waals surface area contributed by atoms with Crippen molar-refractivity contribution in [2.24, 2.45) is 7.05 Å². The van der Waals surface area contributed by atoms with E-state index < -0.39 is 5.95 Å². The van der Waals surface area contributed by atoms with Crippen molar-refractivity contribution in [1.82, 2.24) is 24.7 Å². The summed E-state index contributed by atoms with van der Waals surface area (Å²) in [5.41, 5.74) is 2.76. The summed E-state index contributed by atoms with van der Waals surface area (Å²) in [6.45, 7) is 1.88. The Hall–Kier alpha value is -2.87. The van der Waals surface area contributed by atoms with Gasteiger partial charge in [-0.05, 0) is 37.1 Å². The van der Waals surface area contributed by atoms with E-state index in [0.717, 1.165) is 41.9 Å². The highest BCUT2D eigenvalue weighted by atomic mass is 32.1. The number of thiazole rings is 1. The molecule has 27 heavy (non-hydrogen) atoms. The number of nitrogens with zero attached hydrogens (tertiary/aromatic N) is 6. The maximum absolute atomic E-state index is 14.7. The van der Waals surface area contributed by atoms with Crippen molar-refractivity contribution in [3.05, 3.63) is 42.6 Å². The highest BCUT2D eigenvalue weighted by Crippen LogP contribution is 2.33. The van der Waals surface area contributed by atoms with E-state index in [0.29, 0.717) is 22.0 Å². The number of rotatable bonds is 3. The number of hydrogen-bond acceptors (Lipinski definition) is 6. The van der Waals surface area contributed by atoms with Gasteiger partial charge < -0.3 is 4.90 Å². The Balaban J connectivity index is 1.51. The van der Waals surface area contributed by atoms with Crippen LogP contribution in [0.5, 0.6) is 0 Å². The van der Waals surface area contributed by atoms with Crippen LogP contribution in [0.15, 0.2) is 36.7 Å². The van der Waals surface area contributed by atoms with Crippen molar-refractivity contribution in [1.29, 1.82) is 0 Å². The lowest BCUT2D eigenvalue weighted by molar-refractivity contribution is 0.586. The molecular weight excluding hydrogens is 363 g/mol. The molecule has 0 atom stereocenters. The topological polar surface area (TPSA) is 59.7 Å². The minimum Gasteiger partial charge on any atom is -0.357 e. The highest BCUT2D eigenvalue weighted by Gasteiger charge is 2.18. The van der Waals surface area contributed by atoms with Gasteiger partial charge in [0.1, 0.15) is 10.8 Å². The lowest BCUT2D eigenvalue weighted by atomic mass is 10.2. The van der Waals surface area contributed by atoms with E-state index in [1.807, 2.05) is 31.4 Å². The smallest absolute Gasteiger partial charge is 0.225 e. The zero-order valence-electron chi connectivity index (χ0n) is 14.8. The highest BCUT2D eigenvalue weighted by molar-refractivity contribution is 7.21. The third kappa shape index (κ3) is 2.95. The van der Waals surface area contributed by atoms with Crippen molar-refractivity contribution >= 4 is 27.5 Å².